The molecule has 0 saturated carbocycles. The van der Waals surface area contributed by atoms with Crippen LogP contribution in [0.5, 0.6) is 0 Å². The summed E-state index contributed by atoms with van der Waals surface area (Å²) in [5.74, 6) is -2.80. The molecule has 0 unspecified atom stereocenters. The van der Waals surface area contributed by atoms with Crippen LogP contribution in [0, 0.1) is 47.4 Å². The van der Waals surface area contributed by atoms with Crippen LogP contribution in [0.3, 0.4) is 0 Å². The van der Waals surface area contributed by atoms with E-state index in [4.69, 9.17) is 9.47 Å². The van der Waals surface area contributed by atoms with Gasteiger partial charge in [-0.3, -0.25) is 40.5 Å². The summed E-state index contributed by atoms with van der Waals surface area (Å²) >= 11 is 0. The molecule has 4 rings (SSSR count). The Labute approximate surface area is 276 Å². The number of hydrogen-bond donors (Lipinski definition) is 0. The van der Waals surface area contributed by atoms with Crippen molar-refractivity contribution in [3.63, 3.8) is 0 Å². The summed E-state index contributed by atoms with van der Waals surface area (Å²) in [5, 5.41) is 45.7. The first-order valence-corrected chi connectivity index (χ1v) is 15.9. The molecule has 1 aliphatic rings. The molecule has 1 fully saturated rings. The van der Waals surface area contributed by atoms with Crippen LogP contribution >= 0.6 is 0 Å². The van der Waals surface area contributed by atoms with Crippen molar-refractivity contribution in [2.75, 3.05) is 0 Å². The van der Waals surface area contributed by atoms with Crippen molar-refractivity contribution in [1.82, 2.24) is 4.31 Å². The smallest absolute Gasteiger partial charge is 0.340 e. The number of non-ortho nitro benzene ring substituents is 4. The van der Waals surface area contributed by atoms with Gasteiger partial charge in [0.25, 0.3) is 22.7 Å². The molecule has 1 saturated heterocycles. The Kier molecular flexibility index (Phi) is 10.6. The quantitative estimate of drug-likeness (QED) is 0.137. The zero-order chi connectivity index (χ0) is 36.2. The van der Waals surface area contributed by atoms with Crippen molar-refractivity contribution in [2.45, 2.75) is 62.8 Å². The number of carbonyl (C=O) groups excluding carboxylic acids is 2. The molecular formula is C29H27N5O14S. The summed E-state index contributed by atoms with van der Waals surface area (Å²) in [6.45, 7) is 3.48. The summed E-state index contributed by atoms with van der Waals surface area (Å²) < 4.78 is 40.4. The van der Waals surface area contributed by atoms with Gasteiger partial charge in [-0.2, -0.15) is 4.31 Å². The monoisotopic (exact) mass is 701 g/mol. The number of nitro benzene ring substituents is 4. The molecule has 0 aliphatic carbocycles. The molecule has 0 amide bonds. The lowest BCUT2D eigenvalue weighted by atomic mass is 9.97. The number of nitrogens with zero attached hydrogens (tertiary/aromatic N) is 5. The van der Waals surface area contributed by atoms with E-state index in [1.165, 1.54) is 24.3 Å². The van der Waals surface area contributed by atoms with Crippen molar-refractivity contribution in [3.05, 3.63) is 118 Å². The lowest BCUT2D eigenvalue weighted by molar-refractivity contribution is -0.394. The van der Waals surface area contributed by atoms with Gasteiger partial charge in [0.2, 0.25) is 16.3 Å². The molecule has 0 bridgehead atoms. The second-order valence-corrected chi connectivity index (χ2v) is 12.8. The minimum atomic E-state index is -4.57. The predicted molar refractivity (Wildman–Crippen MR) is 166 cm³/mol. The van der Waals surface area contributed by atoms with Crippen LogP contribution in [0.1, 0.15) is 58.9 Å². The summed E-state index contributed by atoms with van der Waals surface area (Å²) in [6.07, 6.45) is -3.00. The largest absolute Gasteiger partial charge is 0.453 e. The Bertz CT molecular complexity index is 1890. The van der Waals surface area contributed by atoms with Gasteiger partial charge in [-0.1, -0.05) is 31.0 Å². The second-order valence-electron chi connectivity index (χ2n) is 10.9. The molecule has 20 heteroatoms. The average molecular weight is 702 g/mol. The van der Waals surface area contributed by atoms with E-state index < -0.39 is 93.9 Å². The number of aryl methyl sites for hydroxylation is 1. The van der Waals surface area contributed by atoms with Gasteiger partial charge in [0, 0.05) is 30.3 Å². The highest BCUT2D eigenvalue weighted by atomic mass is 32.2. The van der Waals surface area contributed by atoms with E-state index in [0.29, 0.717) is 42.8 Å². The van der Waals surface area contributed by atoms with E-state index in [2.05, 4.69) is 0 Å². The molecule has 1 aliphatic heterocycles. The van der Waals surface area contributed by atoms with Crippen LogP contribution in [-0.2, 0) is 19.5 Å². The number of benzene rings is 3. The van der Waals surface area contributed by atoms with Crippen molar-refractivity contribution in [3.8, 4) is 0 Å². The number of piperidine rings is 1. The highest BCUT2D eigenvalue weighted by Crippen LogP contribution is 2.36. The van der Waals surface area contributed by atoms with Crippen molar-refractivity contribution in [2.24, 2.45) is 0 Å². The van der Waals surface area contributed by atoms with E-state index >= 15 is 0 Å². The Morgan fingerprint density at radius 3 is 1.57 bits per heavy atom. The van der Waals surface area contributed by atoms with Crippen LogP contribution in [-0.4, -0.2) is 62.7 Å². The van der Waals surface area contributed by atoms with Crippen LogP contribution < -0.4 is 0 Å². The molecule has 0 radical (unpaired) electrons. The highest BCUT2D eigenvalue weighted by molar-refractivity contribution is 7.89. The number of carbonyl (C=O) groups is 2. The van der Waals surface area contributed by atoms with E-state index in [-0.39, 0.29) is 24.2 Å². The number of sulfonamides is 1. The van der Waals surface area contributed by atoms with Crippen LogP contribution in [0.25, 0.3) is 0 Å². The SMILES string of the molecule is CCC[C@@H]1CC[C@H](OC(=O)c2cc([N+](=O)[O-])cc([N+](=O)[O-])c2)[C@H](OC(=O)c2cc([N+](=O)[O-])cc([N+](=O)[O-])c2)N1S(=O)(=O)c1ccc(C)cc1. The fourth-order valence-corrected chi connectivity index (χ4v) is 7.02. The van der Waals surface area contributed by atoms with Gasteiger partial charge in [-0.05, 0) is 38.3 Å². The number of hydrogen-bond acceptors (Lipinski definition) is 14. The average Bonchev–Trinajstić information content (AvgIpc) is 3.05. The van der Waals surface area contributed by atoms with Gasteiger partial charge in [0.1, 0.15) is 0 Å². The molecule has 19 nitrogen and oxygen atoms in total. The number of nitro groups is 4. The maximum Gasteiger partial charge on any atom is 0.340 e. The molecule has 0 N–H and O–H groups in total. The third-order valence-electron chi connectivity index (χ3n) is 7.54. The van der Waals surface area contributed by atoms with E-state index in [1.54, 1.807) is 13.8 Å². The Morgan fingerprint density at radius 2 is 1.16 bits per heavy atom. The lowest BCUT2D eigenvalue weighted by Gasteiger charge is -2.43. The molecule has 3 aromatic carbocycles. The molecule has 49 heavy (non-hydrogen) atoms. The fourth-order valence-electron chi connectivity index (χ4n) is 5.24. The first-order chi connectivity index (χ1) is 23.0. The van der Waals surface area contributed by atoms with Gasteiger partial charge < -0.3 is 9.47 Å². The highest BCUT2D eigenvalue weighted by Gasteiger charge is 2.48. The van der Waals surface area contributed by atoms with Crippen molar-refractivity contribution in [1.29, 1.82) is 0 Å². The Hall–Kier alpha value is -5.89. The minimum absolute atomic E-state index is 0.0578. The molecule has 1 heterocycles. The molecule has 3 atom stereocenters. The first-order valence-electron chi connectivity index (χ1n) is 14.4. The standard InChI is InChI=1S/C29H27N5O14S/c1-3-4-20-7-10-26(47-28(35)18-11-21(31(37)38)15-22(12-18)32(39)40)27(30(20)49(45,46)25-8-5-17(2)6-9-25)48-29(36)19-13-23(33(41)42)16-24(14-19)34(43)44/h5-6,8-9,11-16,20,26-27H,3-4,7,10H2,1-2H3/t20-,26+,27+/m1/s1. The van der Waals surface area contributed by atoms with E-state index in [1.807, 2.05) is 0 Å². The molecule has 258 valence electrons. The van der Waals surface area contributed by atoms with Gasteiger partial charge in [-0.15, -0.1) is 0 Å². The summed E-state index contributed by atoms with van der Waals surface area (Å²) in [5.41, 5.74) is -3.91. The first kappa shape index (κ1) is 36.0. The Balaban J connectivity index is 1.84. The second kappa shape index (κ2) is 14.5. The maximum absolute atomic E-state index is 14.2. The third kappa shape index (κ3) is 7.99. The van der Waals surface area contributed by atoms with Crippen molar-refractivity contribution >= 4 is 44.7 Å². The van der Waals surface area contributed by atoms with Crippen molar-refractivity contribution < 1.29 is 47.2 Å². The van der Waals surface area contributed by atoms with Crippen LogP contribution in [0.4, 0.5) is 22.7 Å². The summed E-state index contributed by atoms with van der Waals surface area (Å²) in [7, 11) is -4.57. The number of rotatable bonds is 12. The summed E-state index contributed by atoms with van der Waals surface area (Å²) in [6, 6.07) is 8.79. The topological polar surface area (TPSA) is 263 Å². The molecule has 0 aromatic heterocycles. The predicted octanol–water partition coefficient (Wildman–Crippen LogP) is 4.99. The van der Waals surface area contributed by atoms with E-state index in [0.717, 1.165) is 9.87 Å². The van der Waals surface area contributed by atoms with E-state index in [9.17, 15) is 58.5 Å². The number of esters is 2. The zero-order valence-electron chi connectivity index (χ0n) is 25.7. The van der Waals surface area contributed by atoms with Crippen LogP contribution in [0.15, 0.2) is 65.6 Å². The van der Waals surface area contributed by atoms with Gasteiger partial charge in [-0.25, -0.2) is 18.0 Å². The fraction of sp³-hybridized carbons (Fsp3) is 0.310. The third-order valence-corrected chi connectivity index (χ3v) is 9.47. The minimum Gasteiger partial charge on any atom is -0.453 e. The van der Waals surface area contributed by atoms with Crippen LogP contribution in [0.2, 0.25) is 0 Å². The Morgan fingerprint density at radius 1 is 0.735 bits per heavy atom. The normalized spacial score (nSPS) is 17.9. The van der Waals surface area contributed by atoms with Gasteiger partial charge in [0.15, 0.2) is 6.10 Å². The number of ether oxygens (including phenoxy) is 2. The maximum atomic E-state index is 14.2. The van der Waals surface area contributed by atoms with Gasteiger partial charge in [0.05, 0.1) is 47.8 Å². The molecular weight excluding hydrogens is 674 g/mol. The zero-order valence-corrected chi connectivity index (χ0v) is 26.5. The summed E-state index contributed by atoms with van der Waals surface area (Å²) in [4.78, 5) is 68.5. The molecule has 0 spiro atoms. The van der Waals surface area contributed by atoms with Gasteiger partial charge >= 0.3 is 11.9 Å². The molecule has 3 aromatic rings. The lowest BCUT2D eigenvalue weighted by Crippen LogP contribution is -2.58.